The van der Waals surface area contributed by atoms with Crippen LogP contribution in [0.3, 0.4) is 0 Å². The number of thiophene rings is 1. The SMILES string of the molecule is CNCc1sccc1S(=O)(=O)NC1CCC(C)C1. The topological polar surface area (TPSA) is 58.2 Å². The Bertz CT molecular complexity index is 496. The molecule has 2 N–H and O–H groups in total. The third-order valence-corrected chi connectivity index (χ3v) is 6.00. The summed E-state index contributed by atoms with van der Waals surface area (Å²) in [5.41, 5.74) is 0. The van der Waals surface area contributed by atoms with Gasteiger partial charge in [-0.25, -0.2) is 13.1 Å². The minimum atomic E-state index is -3.36. The van der Waals surface area contributed by atoms with Gasteiger partial charge in [0.15, 0.2) is 0 Å². The number of sulfonamides is 1. The first-order valence-electron chi connectivity index (χ1n) is 6.26. The lowest BCUT2D eigenvalue weighted by Crippen LogP contribution is -2.33. The van der Waals surface area contributed by atoms with Crippen molar-refractivity contribution in [2.45, 2.75) is 43.7 Å². The van der Waals surface area contributed by atoms with Crippen molar-refractivity contribution in [1.29, 1.82) is 0 Å². The molecule has 1 fully saturated rings. The zero-order chi connectivity index (χ0) is 13.2. The van der Waals surface area contributed by atoms with Crippen molar-refractivity contribution < 1.29 is 8.42 Å². The maximum atomic E-state index is 12.3. The van der Waals surface area contributed by atoms with Crippen LogP contribution >= 0.6 is 11.3 Å². The fraction of sp³-hybridized carbons (Fsp3) is 0.667. The van der Waals surface area contributed by atoms with Gasteiger partial charge in [0.25, 0.3) is 0 Å². The molecule has 2 unspecified atom stereocenters. The van der Waals surface area contributed by atoms with Crippen LogP contribution in [0, 0.1) is 5.92 Å². The second-order valence-corrected chi connectivity index (χ2v) is 7.66. The van der Waals surface area contributed by atoms with Gasteiger partial charge in [0.1, 0.15) is 0 Å². The summed E-state index contributed by atoms with van der Waals surface area (Å²) in [4.78, 5) is 1.30. The summed E-state index contributed by atoms with van der Waals surface area (Å²) in [5.74, 6) is 0.622. The summed E-state index contributed by atoms with van der Waals surface area (Å²) in [6.45, 7) is 2.76. The molecule has 102 valence electrons. The smallest absolute Gasteiger partial charge is 0.241 e. The van der Waals surface area contributed by atoms with Gasteiger partial charge in [-0.2, -0.15) is 0 Å². The Hall–Kier alpha value is -0.430. The lowest BCUT2D eigenvalue weighted by atomic mass is 10.1. The molecule has 1 aliphatic carbocycles. The van der Waals surface area contributed by atoms with Crippen molar-refractivity contribution in [3.63, 3.8) is 0 Å². The summed E-state index contributed by atoms with van der Waals surface area (Å²) in [6, 6.07) is 1.80. The monoisotopic (exact) mass is 288 g/mol. The fourth-order valence-electron chi connectivity index (χ4n) is 2.45. The molecule has 2 atom stereocenters. The van der Waals surface area contributed by atoms with Crippen molar-refractivity contribution in [3.8, 4) is 0 Å². The number of hydrogen-bond donors (Lipinski definition) is 2. The molecule has 6 heteroatoms. The minimum absolute atomic E-state index is 0.104. The number of rotatable bonds is 5. The van der Waals surface area contributed by atoms with E-state index in [-0.39, 0.29) is 6.04 Å². The highest BCUT2D eigenvalue weighted by Crippen LogP contribution is 2.27. The van der Waals surface area contributed by atoms with Gasteiger partial charge in [0, 0.05) is 17.5 Å². The molecule has 0 saturated heterocycles. The Kier molecular flexibility index (Phi) is 4.42. The van der Waals surface area contributed by atoms with Gasteiger partial charge in [-0.1, -0.05) is 6.92 Å². The highest BCUT2D eigenvalue weighted by Gasteiger charge is 2.28. The normalized spacial score (nSPS) is 24.6. The Labute approximate surface area is 113 Å². The maximum absolute atomic E-state index is 12.3. The van der Waals surface area contributed by atoms with E-state index in [1.807, 2.05) is 12.4 Å². The summed E-state index contributed by atoms with van der Waals surface area (Å²) < 4.78 is 27.5. The Morgan fingerprint density at radius 3 is 2.83 bits per heavy atom. The molecular weight excluding hydrogens is 268 g/mol. The quantitative estimate of drug-likeness (QED) is 0.870. The lowest BCUT2D eigenvalue weighted by Gasteiger charge is -2.13. The molecule has 0 aromatic carbocycles. The molecule has 0 radical (unpaired) electrons. The van der Waals surface area contributed by atoms with Gasteiger partial charge in [-0.15, -0.1) is 11.3 Å². The van der Waals surface area contributed by atoms with E-state index >= 15 is 0 Å². The largest absolute Gasteiger partial charge is 0.315 e. The van der Waals surface area contributed by atoms with Gasteiger partial charge >= 0.3 is 0 Å². The third-order valence-electron chi connectivity index (χ3n) is 3.35. The average molecular weight is 288 g/mol. The first-order chi connectivity index (χ1) is 8.53. The van der Waals surface area contributed by atoms with Crippen molar-refractivity contribution in [2.75, 3.05) is 7.05 Å². The van der Waals surface area contributed by atoms with Crippen LogP contribution in [-0.4, -0.2) is 21.5 Å². The van der Waals surface area contributed by atoms with Crippen LogP contribution in [-0.2, 0) is 16.6 Å². The Balaban J connectivity index is 2.12. The zero-order valence-corrected chi connectivity index (χ0v) is 12.4. The highest BCUT2D eigenvalue weighted by molar-refractivity contribution is 7.89. The summed E-state index contributed by atoms with van der Waals surface area (Å²) in [7, 11) is -1.53. The standard InChI is InChI=1S/C12H20N2O2S2/c1-9-3-4-10(7-9)14-18(15,16)12-5-6-17-11(12)8-13-2/h5-6,9-10,13-14H,3-4,7-8H2,1-2H3. The van der Waals surface area contributed by atoms with Gasteiger partial charge in [0.05, 0.1) is 4.90 Å². The van der Waals surface area contributed by atoms with Crippen LogP contribution < -0.4 is 10.0 Å². The molecule has 1 aliphatic rings. The van der Waals surface area contributed by atoms with E-state index in [1.165, 1.54) is 11.3 Å². The molecule has 1 aromatic heterocycles. The average Bonchev–Trinajstić information content (AvgIpc) is 2.88. The van der Waals surface area contributed by atoms with Crippen LogP contribution in [0.25, 0.3) is 0 Å². The van der Waals surface area contributed by atoms with Crippen molar-refractivity contribution >= 4 is 21.4 Å². The van der Waals surface area contributed by atoms with Crippen LogP contribution in [0.15, 0.2) is 16.3 Å². The first kappa shape index (κ1) is 14.0. The second-order valence-electron chi connectivity index (χ2n) is 4.97. The lowest BCUT2D eigenvalue weighted by molar-refractivity contribution is 0.538. The maximum Gasteiger partial charge on any atom is 0.241 e. The molecule has 0 amide bonds. The van der Waals surface area contributed by atoms with Gasteiger partial charge in [-0.3, -0.25) is 0 Å². The van der Waals surface area contributed by atoms with Gasteiger partial charge < -0.3 is 5.32 Å². The minimum Gasteiger partial charge on any atom is -0.315 e. The van der Waals surface area contributed by atoms with E-state index < -0.39 is 10.0 Å². The van der Waals surface area contributed by atoms with Crippen LogP contribution in [0.4, 0.5) is 0 Å². The van der Waals surface area contributed by atoms with Gasteiger partial charge in [-0.05, 0) is 43.7 Å². The molecule has 2 rings (SSSR count). The number of hydrogen-bond acceptors (Lipinski definition) is 4. The second kappa shape index (κ2) is 5.69. The van der Waals surface area contributed by atoms with Gasteiger partial charge in [0.2, 0.25) is 10.0 Å². The predicted octanol–water partition coefficient (Wildman–Crippen LogP) is 1.93. The molecule has 0 aliphatic heterocycles. The highest BCUT2D eigenvalue weighted by atomic mass is 32.2. The van der Waals surface area contributed by atoms with Crippen LogP contribution in [0.1, 0.15) is 31.1 Å². The van der Waals surface area contributed by atoms with Crippen LogP contribution in [0.2, 0.25) is 0 Å². The first-order valence-corrected chi connectivity index (χ1v) is 8.62. The van der Waals surface area contributed by atoms with Crippen molar-refractivity contribution in [1.82, 2.24) is 10.0 Å². The van der Waals surface area contributed by atoms with Crippen molar-refractivity contribution in [2.24, 2.45) is 5.92 Å². The third kappa shape index (κ3) is 3.12. The number of nitrogens with one attached hydrogen (secondary N) is 2. The molecule has 0 bridgehead atoms. The van der Waals surface area contributed by atoms with E-state index in [1.54, 1.807) is 6.07 Å². The van der Waals surface area contributed by atoms with Crippen molar-refractivity contribution in [3.05, 3.63) is 16.3 Å². The predicted molar refractivity (Wildman–Crippen MR) is 74.2 cm³/mol. The van der Waals surface area contributed by atoms with Crippen LogP contribution in [0.5, 0.6) is 0 Å². The summed E-state index contributed by atoms with van der Waals surface area (Å²) in [6.07, 6.45) is 3.01. The summed E-state index contributed by atoms with van der Waals surface area (Å²) in [5, 5.41) is 4.83. The van der Waals surface area contributed by atoms with E-state index in [4.69, 9.17) is 0 Å². The molecule has 0 spiro atoms. The molecule has 1 saturated carbocycles. The molecule has 18 heavy (non-hydrogen) atoms. The molecule has 1 heterocycles. The molecular formula is C12H20N2O2S2. The van der Waals surface area contributed by atoms with E-state index in [0.717, 1.165) is 24.1 Å². The fourth-order valence-corrected chi connectivity index (χ4v) is 5.19. The Morgan fingerprint density at radius 2 is 2.22 bits per heavy atom. The van der Waals surface area contributed by atoms with E-state index in [0.29, 0.717) is 17.4 Å². The zero-order valence-electron chi connectivity index (χ0n) is 10.8. The summed E-state index contributed by atoms with van der Waals surface area (Å²) >= 11 is 1.48. The van der Waals surface area contributed by atoms with E-state index in [9.17, 15) is 8.42 Å². The molecule has 1 aromatic rings. The molecule has 4 nitrogen and oxygen atoms in total. The van der Waals surface area contributed by atoms with E-state index in [2.05, 4.69) is 17.0 Å². The Morgan fingerprint density at radius 1 is 1.44 bits per heavy atom.